The fourth-order valence-electron chi connectivity index (χ4n) is 0.242. The summed E-state index contributed by atoms with van der Waals surface area (Å²) in [5.41, 5.74) is 0. The molecule has 0 saturated carbocycles. The maximum absolute atomic E-state index is 8.71. The summed E-state index contributed by atoms with van der Waals surface area (Å²) >= 11 is 0. The summed E-state index contributed by atoms with van der Waals surface area (Å²) < 4.78 is 4.72. The first-order valence-electron chi connectivity index (χ1n) is 2.47. The van der Waals surface area contributed by atoms with E-state index in [1.54, 1.807) is 7.05 Å². The second-order valence-electron chi connectivity index (χ2n) is 1.24. The van der Waals surface area contributed by atoms with Gasteiger partial charge in [-0.25, -0.2) is 0 Å². The van der Waals surface area contributed by atoms with Crippen LogP contribution >= 0.6 is 8.53 Å². The van der Waals surface area contributed by atoms with Crippen molar-refractivity contribution in [3.63, 3.8) is 0 Å². The summed E-state index contributed by atoms with van der Waals surface area (Å²) in [6, 6.07) is 1.89. The molecular formula is C4H9N2O2P. The van der Waals surface area contributed by atoms with Crippen molar-refractivity contribution in [2.45, 2.75) is 6.42 Å². The highest BCUT2D eigenvalue weighted by atomic mass is 31.2. The van der Waals surface area contributed by atoms with E-state index in [1.165, 1.54) is 0 Å². The van der Waals surface area contributed by atoms with Crippen LogP contribution in [0.25, 0.3) is 0 Å². The molecule has 0 rings (SSSR count). The van der Waals surface area contributed by atoms with Crippen molar-refractivity contribution < 1.29 is 9.42 Å². The van der Waals surface area contributed by atoms with Crippen molar-refractivity contribution in [3.8, 4) is 6.07 Å². The summed E-state index contributed by atoms with van der Waals surface area (Å²) in [6.07, 6.45) is 0.321. The molecule has 1 atom stereocenters. The van der Waals surface area contributed by atoms with Crippen LogP contribution in [0.3, 0.4) is 0 Å². The SMILES string of the molecule is CNP(O)OCCC#N. The maximum Gasteiger partial charge on any atom is 0.252 e. The van der Waals surface area contributed by atoms with Crippen LogP contribution in [0.2, 0.25) is 0 Å². The average Bonchev–Trinajstić information content (AvgIpc) is 1.89. The van der Waals surface area contributed by atoms with Gasteiger partial charge in [0, 0.05) is 0 Å². The Morgan fingerprint density at radius 2 is 2.56 bits per heavy atom. The molecule has 0 spiro atoms. The summed E-state index contributed by atoms with van der Waals surface area (Å²) in [7, 11) is 0.104. The zero-order valence-electron chi connectivity index (χ0n) is 5.16. The topological polar surface area (TPSA) is 65.3 Å². The second kappa shape index (κ2) is 5.93. The van der Waals surface area contributed by atoms with Gasteiger partial charge in [0.15, 0.2) is 0 Å². The van der Waals surface area contributed by atoms with Crippen LogP contribution in [-0.4, -0.2) is 18.5 Å². The monoisotopic (exact) mass is 148 g/mol. The molecule has 1 unspecified atom stereocenters. The molecule has 9 heavy (non-hydrogen) atoms. The Labute approximate surface area is 55.4 Å². The Balaban J connectivity index is 2.99. The summed E-state index contributed by atoms with van der Waals surface area (Å²) in [5, 5.41) is 10.5. The van der Waals surface area contributed by atoms with E-state index in [-0.39, 0.29) is 0 Å². The van der Waals surface area contributed by atoms with Gasteiger partial charge in [0.25, 0.3) is 8.53 Å². The van der Waals surface area contributed by atoms with Crippen molar-refractivity contribution in [1.82, 2.24) is 5.09 Å². The summed E-state index contributed by atoms with van der Waals surface area (Å²) in [4.78, 5) is 8.71. The minimum absolute atomic E-state index is 0.291. The largest absolute Gasteiger partial charge is 0.338 e. The fraction of sp³-hybridized carbons (Fsp3) is 0.750. The van der Waals surface area contributed by atoms with Crippen LogP contribution in [0, 0.1) is 11.3 Å². The standard InChI is InChI=1S/C4H9N2O2P/c1-6-9(7)8-4-2-3-5/h6-7H,2,4H2,1H3. The highest BCUT2D eigenvalue weighted by Gasteiger charge is 1.97. The zero-order valence-corrected chi connectivity index (χ0v) is 6.06. The first kappa shape index (κ1) is 8.80. The van der Waals surface area contributed by atoms with Crippen LogP contribution in [0.1, 0.15) is 6.42 Å². The van der Waals surface area contributed by atoms with E-state index >= 15 is 0 Å². The molecule has 0 aliphatic heterocycles. The number of nitrogens with zero attached hydrogens (tertiary/aromatic N) is 1. The van der Waals surface area contributed by atoms with Gasteiger partial charge in [-0.15, -0.1) is 0 Å². The van der Waals surface area contributed by atoms with Gasteiger partial charge in [-0.1, -0.05) is 0 Å². The van der Waals surface area contributed by atoms with Crippen molar-refractivity contribution >= 4 is 8.53 Å². The van der Waals surface area contributed by atoms with E-state index in [4.69, 9.17) is 14.7 Å². The fourth-order valence-corrected chi connectivity index (χ4v) is 0.636. The van der Waals surface area contributed by atoms with Crippen LogP contribution < -0.4 is 5.09 Å². The van der Waals surface area contributed by atoms with Gasteiger partial charge in [0.1, 0.15) is 0 Å². The van der Waals surface area contributed by atoms with Crippen molar-refractivity contribution in [3.05, 3.63) is 0 Å². The predicted molar refractivity (Wildman–Crippen MR) is 34.4 cm³/mol. The van der Waals surface area contributed by atoms with Crippen LogP contribution in [0.5, 0.6) is 0 Å². The van der Waals surface area contributed by atoms with Gasteiger partial charge in [-0.3, -0.25) is 5.09 Å². The van der Waals surface area contributed by atoms with E-state index in [2.05, 4.69) is 5.09 Å². The lowest BCUT2D eigenvalue weighted by atomic mass is 10.5. The Kier molecular flexibility index (Phi) is 5.80. The van der Waals surface area contributed by atoms with E-state index in [9.17, 15) is 0 Å². The van der Waals surface area contributed by atoms with Crippen molar-refractivity contribution in [1.29, 1.82) is 5.26 Å². The van der Waals surface area contributed by atoms with E-state index in [1.807, 2.05) is 6.07 Å². The molecule has 0 aromatic heterocycles. The number of rotatable bonds is 4. The molecule has 0 aliphatic rings. The van der Waals surface area contributed by atoms with E-state index < -0.39 is 8.53 Å². The van der Waals surface area contributed by atoms with Gasteiger partial charge < -0.3 is 9.42 Å². The van der Waals surface area contributed by atoms with Crippen molar-refractivity contribution in [2.24, 2.45) is 0 Å². The lowest BCUT2D eigenvalue weighted by Crippen LogP contribution is -2.00. The van der Waals surface area contributed by atoms with Gasteiger partial charge >= 0.3 is 0 Å². The minimum Gasteiger partial charge on any atom is -0.338 e. The van der Waals surface area contributed by atoms with E-state index in [0.717, 1.165) is 0 Å². The molecule has 0 heterocycles. The first-order chi connectivity index (χ1) is 4.31. The molecule has 52 valence electrons. The number of hydrogen-bond acceptors (Lipinski definition) is 4. The molecule has 0 aromatic carbocycles. The number of nitrogens with one attached hydrogen (secondary N) is 1. The Morgan fingerprint density at radius 3 is 3.00 bits per heavy atom. The number of hydrogen-bond donors (Lipinski definition) is 2. The second-order valence-corrected chi connectivity index (χ2v) is 2.49. The normalized spacial score (nSPS) is 12.6. The molecule has 4 nitrogen and oxygen atoms in total. The lowest BCUT2D eigenvalue weighted by molar-refractivity contribution is 0.312. The quantitative estimate of drug-likeness (QED) is 0.446. The van der Waals surface area contributed by atoms with Gasteiger partial charge in [-0.05, 0) is 7.05 Å². The molecule has 0 bridgehead atoms. The average molecular weight is 148 g/mol. The Hall–Kier alpha value is -0.200. The third-order valence-electron chi connectivity index (χ3n) is 0.619. The van der Waals surface area contributed by atoms with Crippen LogP contribution in [-0.2, 0) is 4.52 Å². The number of nitriles is 1. The summed E-state index contributed by atoms with van der Waals surface area (Å²) in [6.45, 7) is 0.291. The Morgan fingerprint density at radius 1 is 1.89 bits per heavy atom. The Bertz CT molecular complexity index is 103. The molecule has 0 radical (unpaired) electrons. The predicted octanol–water partition coefficient (Wildman–Crippen LogP) is 0.355. The van der Waals surface area contributed by atoms with Gasteiger partial charge in [0.05, 0.1) is 19.1 Å². The molecule has 0 aromatic rings. The van der Waals surface area contributed by atoms with Crippen LogP contribution in [0.15, 0.2) is 0 Å². The highest BCUT2D eigenvalue weighted by molar-refractivity contribution is 7.43. The maximum atomic E-state index is 8.71. The lowest BCUT2D eigenvalue weighted by Gasteiger charge is -2.05. The third kappa shape index (κ3) is 5.67. The highest BCUT2D eigenvalue weighted by Crippen LogP contribution is 2.23. The van der Waals surface area contributed by atoms with Crippen molar-refractivity contribution in [2.75, 3.05) is 13.7 Å². The molecule has 5 heteroatoms. The summed E-state index contributed by atoms with van der Waals surface area (Å²) in [5.74, 6) is 0. The molecule has 2 N–H and O–H groups in total. The third-order valence-corrected chi connectivity index (χ3v) is 1.43. The van der Waals surface area contributed by atoms with Gasteiger partial charge in [-0.2, -0.15) is 5.26 Å². The zero-order chi connectivity index (χ0) is 7.11. The van der Waals surface area contributed by atoms with E-state index in [0.29, 0.717) is 13.0 Å². The first-order valence-corrected chi connectivity index (χ1v) is 3.68. The molecule has 0 saturated heterocycles. The minimum atomic E-state index is -1.49. The smallest absolute Gasteiger partial charge is 0.252 e. The van der Waals surface area contributed by atoms with Gasteiger partial charge in [0.2, 0.25) is 0 Å². The molecule has 0 amide bonds. The molecule has 0 aliphatic carbocycles. The molecule has 0 fully saturated rings. The van der Waals surface area contributed by atoms with Crippen LogP contribution in [0.4, 0.5) is 0 Å². The molecular weight excluding hydrogens is 139 g/mol.